The third-order valence-corrected chi connectivity index (χ3v) is 4.67. The molecule has 8 heteroatoms. The molecule has 1 aliphatic rings. The van der Waals surface area contributed by atoms with Gasteiger partial charge in [-0.25, -0.2) is 18.2 Å². The second-order valence-electron chi connectivity index (χ2n) is 5.56. The summed E-state index contributed by atoms with van der Waals surface area (Å²) < 4.78 is 35.8. The molecule has 124 valence electrons. The second-order valence-corrected chi connectivity index (χ2v) is 7.47. The van der Waals surface area contributed by atoms with Crippen molar-refractivity contribution >= 4 is 21.3 Å². The molecular formula is C15H18N2O5S. The molecule has 2 aromatic heterocycles. The molecule has 0 amide bonds. The molecule has 0 spiro atoms. The summed E-state index contributed by atoms with van der Waals surface area (Å²) in [4.78, 5) is 16.3. The van der Waals surface area contributed by atoms with Gasteiger partial charge in [0, 0.05) is 19.1 Å². The number of ether oxygens (including phenoxy) is 2. The molecule has 1 atom stereocenters. The predicted octanol–water partition coefficient (Wildman–Crippen LogP) is 1.46. The lowest BCUT2D eigenvalue weighted by Gasteiger charge is -2.21. The monoisotopic (exact) mass is 338 g/mol. The van der Waals surface area contributed by atoms with Crippen molar-refractivity contribution in [2.75, 3.05) is 19.5 Å². The Morgan fingerprint density at radius 2 is 2.26 bits per heavy atom. The number of sulfone groups is 1. The summed E-state index contributed by atoms with van der Waals surface area (Å²) in [6.07, 6.45) is 5.43. The third-order valence-electron chi connectivity index (χ3n) is 3.72. The van der Waals surface area contributed by atoms with E-state index in [1.165, 1.54) is 4.40 Å². The number of nitrogens with zero attached hydrogens (tertiary/aromatic N) is 2. The molecule has 2 aromatic rings. The van der Waals surface area contributed by atoms with E-state index in [2.05, 4.69) is 4.98 Å². The number of hydrogen-bond acceptors (Lipinski definition) is 6. The van der Waals surface area contributed by atoms with Crippen LogP contribution < -0.4 is 0 Å². The average Bonchev–Trinajstić information content (AvgIpc) is 2.93. The molecule has 7 nitrogen and oxygen atoms in total. The predicted molar refractivity (Wildman–Crippen MR) is 82.2 cm³/mol. The van der Waals surface area contributed by atoms with Gasteiger partial charge in [0.1, 0.15) is 6.61 Å². The van der Waals surface area contributed by atoms with E-state index in [0.29, 0.717) is 12.1 Å². The van der Waals surface area contributed by atoms with Crippen molar-refractivity contribution in [1.29, 1.82) is 0 Å². The Balaban J connectivity index is 1.85. The molecule has 3 heterocycles. The van der Waals surface area contributed by atoms with Crippen LogP contribution in [0.3, 0.4) is 0 Å². The number of pyridine rings is 1. The van der Waals surface area contributed by atoms with Crippen LogP contribution in [0.25, 0.3) is 5.52 Å². The van der Waals surface area contributed by atoms with E-state index in [1.807, 2.05) is 0 Å². The molecule has 1 fully saturated rings. The number of carbonyl (C=O) groups is 1. The highest BCUT2D eigenvalue weighted by Gasteiger charge is 2.24. The molecule has 0 bridgehead atoms. The van der Waals surface area contributed by atoms with Crippen molar-refractivity contribution in [2.24, 2.45) is 0 Å². The van der Waals surface area contributed by atoms with Gasteiger partial charge in [-0.2, -0.15) is 0 Å². The lowest BCUT2D eigenvalue weighted by Crippen LogP contribution is -2.26. The molecule has 0 radical (unpaired) electrons. The quantitative estimate of drug-likeness (QED) is 0.785. The van der Waals surface area contributed by atoms with Crippen molar-refractivity contribution in [3.8, 4) is 0 Å². The topological polar surface area (TPSA) is 87.0 Å². The van der Waals surface area contributed by atoms with Crippen LogP contribution in [0.15, 0.2) is 29.6 Å². The van der Waals surface area contributed by atoms with Gasteiger partial charge in [0.2, 0.25) is 15.0 Å². The first kappa shape index (κ1) is 15.9. The SMILES string of the molecule is CS(=O)(=O)c1nc(C(=O)OC[C@H]2CCCCO2)c2ccccn12. The number of fused-ring (bicyclic) bond motifs is 1. The first-order valence-electron chi connectivity index (χ1n) is 7.42. The molecule has 0 aromatic carbocycles. The Hall–Kier alpha value is -1.93. The number of aromatic nitrogens is 2. The van der Waals surface area contributed by atoms with E-state index < -0.39 is 15.8 Å². The number of esters is 1. The normalized spacial score (nSPS) is 18.9. The van der Waals surface area contributed by atoms with Gasteiger partial charge >= 0.3 is 5.97 Å². The maximum absolute atomic E-state index is 12.3. The number of hydrogen-bond donors (Lipinski definition) is 0. The highest BCUT2D eigenvalue weighted by atomic mass is 32.2. The van der Waals surface area contributed by atoms with Gasteiger partial charge in [0.05, 0.1) is 11.6 Å². The Morgan fingerprint density at radius 1 is 1.43 bits per heavy atom. The van der Waals surface area contributed by atoms with E-state index in [0.717, 1.165) is 25.5 Å². The molecule has 0 saturated carbocycles. The standard InChI is InChI=1S/C15H18N2O5S/c1-23(19,20)15-16-13(12-7-2-4-8-17(12)15)14(18)22-10-11-6-3-5-9-21-11/h2,4,7-8,11H,3,5-6,9-10H2,1H3/t11-/m1/s1. The third kappa shape index (κ3) is 3.37. The Morgan fingerprint density at radius 3 is 2.96 bits per heavy atom. The highest BCUT2D eigenvalue weighted by molar-refractivity contribution is 7.90. The van der Waals surface area contributed by atoms with Crippen molar-refractivity contribution in [3.05, 3.63) is 30.1 Å². The number of carbonyl (C=O) groups excluding carboxylic acids is 1. The minimum absolute atomic E-state index is 0.00170. The molecule has 23 heavy (non-hydrogen) atoms. The molecular weight excluding hydrogens is 320 g/mol. The van der Waals surface area contributed by atoms with Gasteiger partial charge in [0.15, 0.2) is 5.69 Å². The summed E-state index contributed by atoms with van der Waals surface area (Å²) in [5, 5.41) is -0.172. The summed E-state index contributed by atoms with van der Waals surface area (Å²) in [5.41, 5.74) is 0.407. The van der Waals surface area contributed by atoms with Crippen molar-refractivity contribution in [1.82, 2.24) is 9.38 Å². The highest BCUT2D eigenvalue weighted by Crippen LogP contribution is 2.19. The molecule has 3 rings (SSSR count). The van der Waals surface area contributed by atoms with Gasteiger partial charge < -0.3 is 9.47 Å². The fourth-order valence-electron chi connectivity index (χ4n) is 2.60. The second kappa shape index (κ2) is 6.29. The van der Waals surface area contributed by atoms with Crippen LogP contribution in [-0.4, -0.2) is 49.3 Å². The maximum Gasteiger partial charge on any atom is 0.359 e. The van der Waals surface area contributed by atoms with Crippen LogP contribution >= 0.6 is 0 Å². The molecule has 0 aliphatic carbocycles. The van der Waals surface area contributed by atoms with Gasteiger partial charge in [0.25, 0.3) is 0 Å². The zero-order valence-electron chi connectivity index (χ0n) is 12.8. The smallest absolute Gasteiger partial charge is 0.359 e. The van der Waals surface area contributed by atoms with Crippen LogP contribution in [0.1, 0.15) is 29.8 Å². The Labute approximate surface area is 134 Å². The van der Waals surface area contributed by atoms with E-state index in [1.54, 1.807) is 24.4 Å². The van der Waals surface area contributed by atoms with Gasteiger partial charge in [-0.15, -0.1) is 0 Å². The van der Waals surface area contributed by atoms with Crippen molar-refractivity contribution in [2.45, 2.75) is 30.5 Å². The Bertz CT molecular complexity index is 822. The minimum Gasteiger partial charge on any atom is -0.458 e. The lowest BCUT2D eigenvalue weighted by molar-refractivity contribution is -0.0301. The van der Waals surface area contributed by atoms with E-state index in [9.17, 15) is 13.2 Å². The van der Waals surface area contributed by atoms with Crippen LogP contribution in [-0.2, 0) is 19.3 Å². The summed E-state index contributed by atoms with van der Waals surface area (Å²) in [5.74, 6) is -0.641. The van der Waals surface area contributed by atoms with Crippen LogP contribution in [0.5, 0.6) is 0 Å². The zero-order chi connectivity index (χ0) is 16.4. The van der Waals surface area contributed by atoms with Crippen LogP contribution in [0, 0.1) is 0 Å². The van der Waals surface area contributed by atoms with E-state index in [4.69, 9.17) is 9.47 Å². The van der Waals surface area contributed by atoms with Crippen LogP contribution in [0.4, 0.5) is 0 Å². The van der Waals surface area contributed by atoms with Gasteiger partial charge in [-0.05, 0) is 31.4 Å². The lowest BCUT2D eigenvalue weighted by atomic mass is 10.1. The minimum atomic E-state index is -3.56. The average molecular weight is 338 g/mol. The first-order valence-corrected chi connectivity index (χ1v) is 9.32. The molecule has 1 saturated heterocycles. The number of imidazole rings is 1. The van der Waals surface area contributed by atoms with E-state index in [-0.39, 0.29) is 23.6 Å². The van der Waals surface area contributed by atoms with Gasteiger partial charge in [-0.3, -0.25) is 4.40 Å². The summed E-state index contributed by atoms with van der Waals surface area (Å²) >= 11 is 0. The fraction of sp³-hybridized carbons (Fsp3) is 0.467. The fourth-order valence-corrected chi connectivity index (χ4v) is 3.37. The summed E-state index contributed by atoms with van der Waals surface area (Å²) in [6.45, 7) is 0.826. The van der Waals surface area contributed by atoms with Gasteiger partial charge in [-0.1, -0.05) is 6.07 Å². The molecule has 0 unspecified atom stereocenters. The van der Waals surface area contributed by atoms with E-state index >= 15 is 0 Å². The van der Waals surface area contributed by atoms with Crippen molar-refractivity contribution in [3.63, 3.8) is 0 Å². The Kier molecular flexibility index (Phi) is 4.36. The summed E-state index contributed by atoms with van der Waals surface area (Å²) in [7, 11) is -3.56. The molecule has 1 aliphatic heterocycles. The zero-order valence-corrected chi connectivity index (χ0v) is 13.6. The maximum atomic E-state index is 12.3. The van der Waals surface area contributed by atoms with Crippen LogP contribution in [0.2, 0.25) is 0 Å². The summed E-state index contributed by atoms with van der Waals surface area (Å²) in [6, 6.07) is 5.02. The number of rotatable bonds is 4. The molecule has 0 N–H and O–H groups in total. The first-order chi connectivity index (χ1) is 11.0. The largest absolute Gasteiger partial charge is 0.458 e. The van der Waals surface area contributed by atoms with Crippen molar-refractivity contribution < 1.29 is 22.7 Å².